The Balaban J connectivity index is 1.91. The number of benzene rings is 1. The van der Waals surface area contributed by atoms with E-state index in [1.165, 1.54) is 24.0 Å². The molecule has 1 saturated heterocycles. The van der Waals surface area contributed by atoms with Crippen LogP contribution in [-0.4, -0.2) is 29.9 Å². The van der Waals surface area contributed by atoms with E-state index < -0.39 is 0 Å². The Labute approximate surface area is 128 Å². The number of aryl methyl sites for hydroxylation is 1. The minimum absolute atomic E-state index is 0.126. The van der Waals surface area contributed by atoms with Gasteiger partial charge in [-0.2, -0.15) is 0 Å². The minimum Gasteiger partial charge on any atom is -0.341 e. The number of amides is 1. The molecule has 3 heteroatoms. The summed E-state index contributed by atoms with van der Waals surface area (Å²) in [4.78, 5) is 14.6. The van der Waals surface area contributed by atoms with E-state index in [9.17, 15) is 4.79 Å². The van der Waals surface area contributed by atoms with E-state index in [4.69, 9.17) is 0 Å². The van der Waals surface area contributed by atoms with Crippen LogP contribution in [0.4, 0.5) is 0 Å². The van der Waals surface area contributed by atoms with Crippen LogP contribution in [0.3, 0.4) is 0 Å². The Morgan fingerprint density at radius 3 is 2.19 bits per heavy atom. The molecule has 2 atom stereocenters. The zero-order chi connectivity index (χ0) is 15.2. The SMILES string of the molecule is Cc1ccc([C@H](C)NC(C)C(=O)N2CCCCCC2)cc1. The summed E-state index contributed by atoms with van der Waals surface area (Å²) >= 11 is 0. The summed E-state index contributed by atoms with van der Waals surface area (Å²) in [5, 5.41) is 3.44. The molecule has 1 aliphatic heterocycles. The van der Waals surface area contributed by atoms with Crippen LogP contribution in [-0.2, 0) is 4.79 Å². The van der Waals surface area contributed by atoms with Crippen molar-refractivity contribution in [2.45, 2.75) is 58.5 Å². The molecule has 1 amide bonds. The molecule has 0 aliphatic carbocycles. The maximum Gasteiger partial charge on any atom is 0.239 e. The summed E-state index contributed by atoms with van der Waals surface area (Å²) in [5.41, 5.74) is 2.50. The zero-order valence-electron chi connectivity index (χ0n) is 13.6. The summed E-state index contributed by atoms with van der Waals surface area (Å²) in [6, 6.07) is 8.58. The molecule has 21 heavy (non-hydrogen) atoms. The summed E-state index contributed by atoms with van der Waals surface area (Å²) in [6.07, 6.45) is 4.80. The van der Waals surface area contributed by atoms with Gasteiger partial charge in [0, 0.05) is 19.1 Å². The second kappa shape index (κ2) is 7.60. The summed E-state index contributed by atoms with van der Waals surface area (Å²) in [7, 11) is 0. The van der Waals surface area contributed by atoms with Gasteiger partial charge in [-0.25, -0.2) is 0 Å². The first-order valence-corrected chi connectivity index (χ1v) is 8.19. The highest BCUT2D eigenvalue weighted by Gasteiger charge is 2.22. The Morgan fingerprint density at radius 1 is 1.05 bits per heavy atom. The Bertz CT molecular complexity index is 447. The average Bonchev–Trinajstić information content (AvgIpc) is 2.76. The molecule has 0 spiro atoms. The topological polar surface area (TPSA) is 32.3 Å². The van der Waals surface area contributed by atoms with Crippen molar-refractivity contribution in [3.63, 3.8) is 0 Å². The Kier molecular flexibility index (Phi) is 5.80. The van der Waals surface area contributed by atoms with Crippen LogP contribution in [0.2, 0.25) is 0 Å². The molecule has 1 fully saturated rings. The highest BCUT2D eigenvalue weighted by atomic mass is 16.2. The third-order valence-electron chi connectivity index (χ3n) is 4.37. The maximum atomic E-state index is 12.5. The van der Waals surface area contributed by atoms with Gasteiger partial charge in [-0.1, -0.05) is 42.7 Å². The number of nitrogens with one attached hydrogen (secondary N) is 1. The smallest absolute Gasteiger partial charge is 0.239 e. The van der Waals surface area contributed by atoms with Crippen LogP contribution >= 0.6 is 0 Å². The predicted molar refractivity (Wildman–Crippen MR) is 87.2 cm³/mol. The third kappa shape index (κ3) is 4.57. The molecule has 2 rings (SSSR count). The fraction of sp³-hybridized carbons (Fsp3) is 0.611. The Morgan fingerprint density at radius 2 is 1.62 bits per heavy atom. The van der Waals surface area contributed by atoms with Gasteiger partial charge in [0.2, 0.25) is 5.91 Å². The van der Waals surface area contributed by atoms with Gasteiger partial charge >= 0.3 is 0 Å². The summed E-state index contributed by atoms with van der Waals surface area (Å²) in [5.74, 6) is 0.246. The quantitative estimate of drug-likeness (QED) is 0.920. The number of likely N-dealkylation sites (tertiary alicyclic amines) is 1. The van der Waals surface area contributed by atoms with Crippen LogP contribution in [0.5, 0.6) is 0 Å². The highest BCUT2D eigenvalue weighted by molar-refractivity contribution is 5.81. The molecule has 1 aromatic rings. The number of rotatable bonds is 4. The van der Waals surface area contributed by atoms with Crippen LogP contribution in [0.1, 0.15) is 56.7 Å². The molecule has 1 heterocycles. The standard InChI is InChI=1S/C18H28N2O/c1-14-8-10-17(11-9-14)15(2)19-16(3)18(21)20-12-6-4-5-7-13-20/h8-11,15-16,19H,4-7,12-13H2,1-3H3/t15-,16?/m0/s1. The van der Waals surface area contributed by atoms with Gasteiger partial charge in [0.25, 0.3) is 0 Å². The van der Waals surface area contributed by atoms with Gasteiger partial charge in [-0.3, -0.25) is 10.1 Å². The lowest BCUT2D eigenvalue weighted by Crippen LogP contribution is -2.45. The lowest BCUT2D eigenvalue weighted by molar-refractivity contribution is -0.133. The lowest BCUT2D eigenvalue weighted by Gasteiger charge is -2.27. The zero-order valence-corrected chi connectivity index (χ0v) is 13.6. The van der Waals surface area contributed by atoms with Crippen LogP contribution in [0, 0.1) is 6.92 Å². The minimum atomic E-state index is -0.126. The fourth-order valence-electron chi connectivity index (χ4n) is 2.96. The van der Waals surface area contributed by atoms with Gasteiger partial charge in [0.05, 0.1) is 6.04 Å². The van der Waals surface area contributed by atoms with Crippen LogP contribution < -0.4 is 5.32 Å². The lowest BCUT2D eigenvalue weighted by atomic mass is 10.1. The monoisotopic (exact) mass is 288 g/mol. The normalized spacial score (nSPS) is 18.9. The van der Waals surface area contributed by atoms with Crippen LogP contribution in [0.15, 0.2) is 24.3 Å². The molecule has 0 aromatic heterocycles. The predicted octanol–water partition coefficient (Wildman–Crippen LogP) is 3.44. The second-order valence-electron chi connectivity index (χ2n) is 6.26. The number of hydrogen-bond acceptors (Lipinski definition) is 2. The second-order valence-corrected chi connectivity index (χ2v) is 6.26. The van der Waals surface area contributed by atoms with Crippen LogP contribution in [0.25, 0.3) is 0 Å². The first-order chi connectivity index (χ1) is 10.1. The van der Waals surface area contributed by atoms with E-state index >= 15 is 0 Å². The van der Waals surface area contributed by atoms with E-state index in [1.807, 2.05) is 11.8 Å². The Hall–Kier alpha value is -1.35. The van der Waals surface area contributed by atoms with Crippen molar-refractivity contribution in [1.82, 2.24) is 10.2 Å². The molecule has 3 nitrogen and oxygen atoms in total. The van der Waals surface area contributed by atoms with Crippen molar-refractivity contribution in [2.24, 2.45) is 0 Å². The van der Waals surface area contributed by atoms with E-state index in [1.54, 1.807) is 0 Å². The van der Waals surface area contributed by atoms with Crippen molar-refractivity contribution < 1.29 is 4.79 Å². The molecule has 1 N–H and O–H groups in total. The van der Waals surface area contributed by atoms with Gasteiger partial charge < -0.3 is 4.90 Å². The van der Waals surface area contributed by atoms with Gasteiger partial charge in [0.15, 0.2) is 0 Å². The van der Waals surface area contributed by atoms with Gasteiger partial charge in [0.1, 0.15) is 0 Å². The van der Waals surface area contributed by atoms with E-state index in [0.29, 0.717) is 0 Å². The molecule has 0 radical (unpaired) electrons. The molecule has 0 bridgehead atoms. The number of hydrogen-bond donors (Lipinski definition) is 1. The number of nitrogens with zero attached hydrogens (tertiary/aromatic N) is 1. The van der Waals surface area contributed by atoms with E-state index in [0.717, 1.165) is 25.9 Å². The van der Waals surface area contributed by atoms with E-state index in [2.05, 4.69) is 43.4 Å². The van der Waals surface area contributed by atoms with Crippen molar-refractivity contribution >= 4 is 5.91 Å². The molecular weight excluding hydrogens is 260 g/mol. The maximum absolute atomic E-state index is 12.5. The first kappa shape index (κ1) is 16.0. The largest absolute Gasteiger partial charge is 0.341 e. The van der Waals surface area contributed by atoms with Crippen molar-refractivity contribution in [2.75, 3.05) is 13.1 Å². The molecule has 0 saturated carbocycles. The van der Waals surface area contributed by atoms with Crippen molar-refractivity contribution in [3.05, 3.63) is 35.4 Å². The molecule has 116 valence electrons. The van der Waals surface area contributed by atoms with Crippen molar-refractivity contribution in [3.8, 4) is 0 Å². The highest BCUT2D eigenvalue weighted by Crippen LogP contribution is 2.15. The molecular formula is C18H28N2O. The number of carbonyl (C=O) groups is 1. The fourth-order valence-corrected chi connectivity index (χ4v) is 2.96. The van der Waals surface area contributed by atoms with Gasteiger partial charge in [-0.15, -0.1) is 0 Å². The van der Waals surface area contributed by atoms with E-state index in [-0.39, 0.29) is 18.0 Å². The molecule has 1 unspecified atom stereocenters. The number of carbonyl (C=O) groups excluding carboxylic acids is 1. The average molecular weight is 288 g/mol. The van der Waals surface area contributed by atoms with Gasteiger partial charge in [-0.05, 0) is 39.2 Å². The van der Waals surface area contributed by atoms with Crippen molar-refractivity contribution in [1.29, 1.82) is 0 Å². The summed E-state index contributed by atoms with van der Waals surface area (Å²) < 4.78 is 0. The summed E-state index contributed by atoms with van der Waals surface area (Å²) in [6.45, 7) is 8.04. The molecule has 1 aliphatic rings. The third-order valence-corrected chi connectivity index (χ3v) is 4.37. The molecule has 1 aromatic carbocycles. The first-order valence-electron chi connectivity index (χ1n) is 8.19.